The maximum absolute atomic E-state index is 11.0. The molecule has 1 rings (SSSR count). The van der Waals surface area contributed by atoms with Crippen molar-refractivity contribution in [3.05, 3.63) is 35.4 Å². The van der Waals surface area contributed by atoms with Crippen LogP contribution >= 0.6 is 0 Å². The van der Waals surface area contributed by atoms with Crippen LogP contribution in [0.1, 0.15) is 25.0 Å². The number of carbonyl (C=O) groups is 1. The van der Waals surface area contributed by atoms with Gasteiger partial charge < -0.3 is 10.4 Å². The molecule has 0 saturated carbocycles. The number of carboxylic acid groups (broad SMARTS) is 1. The summed E-state index contributed by atoms with van der Waals surface area (Å²) in [5.74, 6) is -0.797. The number of hydrogen-bond acceptors (Lipinski definition) is 2. The van der Waals surface area contributed by atoms with Crippen LogP contribution in [0.4, 0.5) is 0 Å². The highest BCUT2D eigenvalue weighted by Gasteiger charge is 2.18. The third-order valence-electron chi connectivity index (χ3n) is 2.39. The van der Waals surface area contributed by atoms with E-state index in [4.69, 9.17) is 5.11 Å². The molecule has 0 fully saturated rings. The lowest BCUT2D eigenvalue weighted by molar-refractivity contribution is -0.139. The Balaban J connectivity index is 2.68. The lowest BCUT2D eigenvalue weighted by Gasteiger charge is -2.17. The summed E-state index contributed by atoms with van der Waals surface area (Å²) in [6.45, 7) is 5.92. The number of hydrogen-bond donors (Lipinski definition) is 2. The molecule has 1 aromatic carbocycles. The van der Waals surface area contributed by atoms with Gasteiger partial charge in [0.15, 0.2) is 0 Å². The monoisotopic (exact) mass is 221 g/mol. The highest BCUT2D eigenvalue weighted by Crippen LogP contribution is 2.07. The molecule has 0 bridgehead atoms. The highest BCUT2D eigenvalue weighted by atomic mass is 16.4. The van der Waals surface area contributed by atoms with Crippen molar-refractivity contribution in [3.8, 4) is 0 Å². The van der Waals surface area contributed by atoms with Gasteiger partial charge in [-0.15, -0.1) is 0 Å². The zero-order chi connectivity index (χ0) is 12.1. The molecular weight excluding hydrogens is 202 g/mol. The first-order valence-electron chi connectivity index (χ1n) is 5.53. The zero-order valence-corrected chi connectivity index (χ0v) is 10.0. The third kappa shape index (κ3) is 4.03. The minimum atomic E-state index is -0.797. The molecule has 1 atom stereocenters. The Bertz CT molecular complexity index is 343. The van der Waals surface area contributed by atoms with E-state index in [1.807, 2.05) is 45.0 Å². The molecule has 16 heavy (non-hydrogen) atoms. The predicted molar refractivity (Wildman–Crippen MR) is 64.6 cm³/mol. The summed E-state index contributed by atoms with van der Waals surface area (Å²) in [5.41, 5.74) is 2.23. The molecule has 0 aliphatic heterocycles. The van der Waals surface area contributed by atoms with Crippen molar-refractivity contribution in [2.24, 2.45) is 0 Å². The van der Waals surface area contributed by atoms with Crippen LogP contribution in [-0.4, -0.2) is 23.2 Å². The lowest BCUT2D eigenvalue weighted by atomic mass is 10.0. The average molecular weight is 221 g/mol. The van der Waals surface area contributed by atoms with Crippen molar-refractivity contribution >= 4 is 5.97 Å². The first-order valence-corrected chi connectivity index (χ1v) is 5.53. The second-order valence-electron chi connectivity index (χ2n) is 4.40. The van der Waals surface area contributed by atoms with Crippen LogP contribution in [0.5, 0.6) is 0 Å². The van der Waals surface area contributed by atoms with Crippen molar-refractivity contribution in [3.63, 3.8) is 0 Å². The van der Waals surface area contributed by atoms with E-state index in [0.29, 0.717) is 6.42 Å². The van der Waals surface area contributed by atoms with E-state index in [9.17, 15) is 4.79 Å². The second kappa shape index (κ2) is 5.66. The van der Waals surface area contributed by atoms with Gasteiger partial charge in [-0.05, 0) is 18.9 Å². The van der Waals surface area contributed by atoms with E-state index in [2.05, 4.69) is 5.32 Å². The summed E-state index contributed by atoms with van der Waals surface area (Å²) in [4.78, 5) is 11.0. The molecule has 3 heteroatoms. The Morgan fingerprint density at radius 1 is 1.31 bits per heavy atom. The van der Waals surface area contributed by atoms with E-state index >= 15 is 0 Å². The smallest absolute Gasteiger partial charge is 0.321 e. The van der Waals surface area contributed by atoms with E-state index in [0.717, 1.165) is 5.56 Å². The molecule has 0 heterocycles. The Labute approximate surface area is 96.5 Å². The molecule has 0 aliphatic rings. The van der Waals surface area contributed by atoms with Gasteiger partial charge in [0.1, 0.15) is 6.04 Å². The number of aryl methyl sites for hydroxylation is 1. The summed E-state index contributed by atoms with van der Waals surface area (Å²) in [6.07, 6.45) is 0.522. The summed E-state index contributed by atoms with van der Waals surface area (Å²) in [7, 11) is 0. The summed E-state index contributed by atoms with van der Waals surface area (Å²) < 4.78 is 0. The van der Waals surface area contributed by atoms with Gasteiger partial charge in [-0.1, -0.05) is 43.7 Å². The quantitative estimate of drug-likeness (QED) is 0.799. The van der Waals surface area contributed by atoms with Gasteiger partial charge in [-0.3, -0.25) is 4.79 Å². The van der Waals surface area contributed by atoms with Gasteiger partial charge in [-0.2, -0.15) is 0 Å². The maximum Gasteiger partial charge on any atom is 0.321 e. The molecular formula is C13H19NO2. The second-order valence-corrected chi connectivity index (χ2v) is 4.40. The Morgan fingerprint density at radius 3 is 2.31 bits per heavy atom. The molecule has 0 aliphatic carbocycles. The topological polar surface area (TPSA) is 49.3 Å². The van der Waals surface area contributed by atoms with Crippen molar-refractivity contribution in [1.29, 1.82) is 0 Å². The number of carboxylic acids is 1. The van der Waals surface area contributed by atoms with E-state index in [1.165, 1.54) is 5.56 Å². The van der Waals surface area contributed by atoms with Gasteiger partial charge >= 0.3 is 5.97 Å². The molecule has 1 aromatic rings. The fourth-order valence-corrected chi connectivity index (χ4v) is 1.58. The Kier molecular flexibility index (Phi) is 4.50. The summed E-state index contributed by atoms with van der Waals surface area (Å²) in [5, 5.41) is 12.1. The number of aliphatic carboxylic acids is 1. The van der Waals surface area contributed by atoms with Crippen molar-refractivity contribution in [2.75, 3.05) is 0 Å². The maximum atomic E-state index is 11.0. The minimum absolute atomic E-state index is 0.173. The minimum Gasteiger partial charge on any atom is -0.480 e. The van der Waals surface area contributed by atoms with Gasteiger partial charge in [-0.25, -0.2) is 0 Å². The largest absolute Gasteiger partial charge is 0.480 e. The fraction of sp³-hybridized carbons (Fsp3) is 0.462. The van der Waals surface area contributed by atoms with E-state index in [-0.39, 0.29) is 6.04 Å². The molecule has 0 spiro atoms. The van der Waals surface area contributed by atoms with E-state index < -0.39 is 12.0 Å². The summed E-state index contributed by atoms with van der Waals surface area (Å²) >= 11 is 0. The normalized spacial score (nSPS) is 12.8. The lowest BCUT2D eigenvalue weighted by Crippen LogP contribution is -2.42. The first kappa shape index (κ1) is 12.7. The van der Waals surface area contributed by atoms with Crippen LogP contribution in [0, 0.1) is 6.92 Å². The van der Waals surface area contributed by atoms with Crippen LogP contribution in [0.2, 0.25) is 0 Å². The standard InChI is InChI=1S/C13H19NO2/c1-9(2)14-12(13(15)16)8-11-6-4-10(3)5-7-11/h4-7,9,12,14H,8H2,1-3H3,(H,15,16)/t12-/m0/s1. The highest BCUT2D eigenvalue weighted by molar-refractivity contribution is 5.74. The van der Waals surface area contributed by atoms with Crippen LogP contribution in [0.3, 0.4) is 0 Å². The fourth-order valence-electron chi connectivity index (χ4n) is 1.58. The molecule has 0 saturated heterocycles. The third-order valence-corrected chi connectivity index (χ3v) is 2.39. The molecule has 0 amide bonds. The average Bonchev–Trinajstić information content (AvgIpc) is 2.19. The number of rotatable bonds is 5. The van der Waals surface area contributed by atoms with Crippen molar-refractivity contribution in [1.82, 2.24) is 5.32 Å². The van der Waals surface area contributed by atoms with Crippen LogP contribution in [0.25, 0.3) is 0 Å². The van der Waals surface area contributed by atoms with Gasteiger partial charge in [0.25, 0.3) is 0 Å². The Hall–Kier alpha value is -1.35. The predicted octanol–water partition coefficient (Wildman–Crippen LogP) is 1.99. The molecule has 0 unspecified atom stereocenters. The molecule has 88 valence electrons. The van der Waals surface area contributed by atoms with Crippen LogP contribution in [0.15, 0.2) is 24.3 Å². The summed E-state index contributed by atoms with van der Waals surface area (Å²) in [6, 6.07) is 7.63. The zero-order valence-electron chi connectivity index (χ0n) is 10.0. The number of nitrogens with one attached hydrogen (secondary N) is 1. The Morgan fingerprint density at radius 2 is 1.88 bits per heavy atom. The van der Waals surface area contributed by atoms with Gasteiger partial charge in [0.05, 0.1) is 0 Å². The SMILES string of the molecule is Cc1ccc(C[C@H](NC(C)C)C(=O)O)cc1. The number of benzene rings is 1. The van der Waals surface area contributed by atoms with Crippen molar-refractivity contribution in [2.45, 2.75) is 39.3 Å². The molecule has 0 radical (unpaired) electrons. The van der Waals surface area contributed by atoms with E-state index in [1.54, 1.807) is 0 Å². The molecule has 3 nitrogen and oxygen atoms in total. The van der Waals surface area contributed by atoms with Crippen LogP contribution in [-0.2, 0) is 11.2 Å². The first-order chi connectivity index (χ1) is 7.49. The van der Waals surface area contributed by atoms with Crippen LogP contribution < -0.4 is 5.32 Å². The van der Waals surface area contributed by atoms with Gasteiger partial charge in [0.2, 0.25) is 0 Å². The van der Waals surface area contributed by atoms with Gasteiger partial charge in [0, 0.05) is 6.04 Å². The van der Waals surface area contributed by atoms with Crippen molar-refractivity contribution < 1.29 is 9.90 Å². The molecule has 0 aromatic heterocycles. The molecule has 2 N–H and O–H groups in total.